The van der Waals surface area contributed by atoms with Gasteiger partial charge in [0.1, 0.15) is 5.75 Å². The lowest BCUT2D eigenvalue weighted by Crippen LogP contribution is -2.30. The number of allylic oxidation sites excluding steroid dienone is 5. The highest BCUT2D eigenvalue weighted by molar-refractivity contribution is 5.80. The van der Waals surface area contributed by atoms with E-state index in [0.29, 0.717) is 11.8 Å². The van der Waals surface area contributed by atoms with E-state index < -0.39 is 0 Å². The Morgan fingerprint density at radius 2 is 1.07 bits per heavy atom. The summed E-state index contributed by atoms with van der Waals surface area (Å²) in [6.07, 6.45) is 17.3. The van der Waals surface area contributed by atoms with Crippen molar-refractivity contribution < 1.29 is 4.74 Å². The molecule has 0 heterocycles. The molecule has 2 aliphatic carbocycles. The van der Waals surface area contributed by atoms with E-state index in [1.54, 1.807) is 11.1 Å². The first-order chi connectivity index (χ1) is 32.3. The number of anilines is 3. The number of hydrogen-bond donors (Lipinski definition) is 0. The smallest absolute Gasteiger partial charge is 0.119 e. The summed E-state index contributed by atoms with van der Waals surface area (Å²) in [5, 5.41) is 0. The second-order valence-electron chi connectivity index (χ2n) is 21.1. The van der Waals surface area contributed by atoms with Crippen molar-refractivity contribution >= 4 is 17.1 Å². The van der Waals surface area contributed by atoms with Gasteiger partial charge in [-0.1, -0.05) is 171 Å². The van der Waals surface area contributed by atoms with Crippen LogP contribution in [-0.4, -0.2) is 6.61 Å². The molecular weight excluding hydrogens is 811 g/mol. The van der Waals surface area contributed by atoms with Crippen LogP contribution in [0.3, 0.4) is 0 Å². The van der Waals surface area contributed by atoms with Gasteiger partial charge < -0.3 is 9.64 Å². The van der Waals surface area contributed by atoms with Crippen LogP contribution in [-0.2, 0) is 17.3 Å². The number of hydrogen-bond acceptors (Lipinski definition) is 2. The highest BCUT2D eigenvalue weighted by Gasteiger charge is 2.33. The average molecular weight is 886 g/mol. The predicted molar refractivity (Wildman–Crippen MR) is 288 cm³/mol. The van der Waals surface area contributed by atoms with Crippen LogP contribution in [0.5, 0.6) is 5.75 Å². The monoisotopic (exact) mass is 886 g/mol. The third kappa shape index (κ3) is 10.7. The maximum absolute atomic E-state index is 6.32. The Morgan fingerprint density at radius 3 is 1.54 bits per heavy atom. The quantitative estimate of drug-likeness (QED) is 0.0559. The van der Waals surface area contributed by atoms with E-state index in [2.05, 4.69) is 225 Å². The molecule has 8 rings (SSSR count). The molecule has 2 heteroatoms. The highest BCUT2D eigenvalue weighted by Crippen LogP contribution is 2.43. The highest BCUT2D eigenvalue weighted by atomic mass is 16.5. The lowest BCUT2D eigenvalue weighted by atomic mass is 9.67. The summed E-state index contributed by atoms with van der Waals surface area (Å²) >= 11 is 0. The third-order valence-corrected chi connectivity index (χ3v) is 15.9. The van der Waals surface area contributed by atoms with Crippen LogP contribution >= 0.6 is 0 Å². The van der Waals surface area contributed by atoms with Crippen LogP contribution in [0.15, 0.2) is 182 Å². The molecule has 0 bridgehead atoms. The Bertz CT molecular complexity index is 2620. The van der Waals surface area contributed by atoms with E-state index in [0.717, 1.165) is 61.5 Å². The zero-order chi connectivity index (χ0) is 47.2. The molecular formula is C65H75NO. The van der Waals surface area contributed by atoms with Crippen LogP contribution < -0.4 is 9.64 Å². The van der Waals surface area contributed by atoms with Gasteiger partial charge in [-0.25, -0.2) is 0 Å². The topological polar surface area (TPSA) is 12.5 Å². The number of nitrogens with zero attached hydrogens (tertiary/aromatic N) is 1. The second-order valence-corrected chi connectivity index (χ2v) is 21.1. The molecule has 0 radical (unpaired) electrons. The van der Waals surface area contributed by atoms with Gasteiger partial charge in [-0.3, -0.25) is 0 Å². The first kappa shape index (κ1) is 47.6. The summed E-state index contributed by atoms with van der Waals surface area (Å²) in [6, 6.07) is 54.6. The van der Waals surface area contributed by atoms with E-state index in [-0.39, 0.29) is 16.2 Å². The summed E-state index contributed by atoms with van der Waals surface area (Å²) in [6.45, 7) is 23.5. The SMILES string of the molecule is C=CCC(C)(C)Cc1ccc(-c2ccc(N(c3ccc(OCCCC4C=C5CCC5=CC4)cc3)c3ccc(-c4ccc(C(C)(c5ccc(C(C)(CC)CC)cc5)C(C)C)cc4)cc3)cc2)cc1. The van der Waals surface area contributed by atoms with Crippen molar-refractivity contribution in [3.63, 3.8) is 0 Å². The summed E-state index contributed by atoms with van der Waals surface area (Å²) < 4.78 is 6.32. The minimum Gasteiger partial charge on any atom is -0.494 e. The van der Waals surface area contributed by atoms with Crippen molar-refractivity contribution in [1.29, 1.82) is 0 Å². The van der Waals surface area contributed by atoms with Gasteiger partial charge in [-0.05, 0) is 185 Å². The Kier molecular flexibility index (Phi) is 14.6. The first-order valence-corrected chi connectivity index (χ1v) is 25.4. The van der Waals surface area contributed by atoms with E-state index in [9.17, 15) is 0 Å². The molecule has 6 aromatic rings. The molecule has 0 aliphatic heterocycles. The maximum atomic E-state index is 6.32. The van der Waals surface area contributed by atoms with Crippen molar-refractivity contribution in [2.24, 2.45) is 17.3 Å². The molecule has 2 aliphatic rings. The maximum Gasteiger partial charge on any atom is 0.119 e. The third-order valence-electron chi connectivity index (χ3n) is 15.9. The minimum atomic E-state index is -0.108. The number of rotatable bonds is 20. The molecule has 346 valence electrons. The van der Waals surface area contributed by atoms with Gasteiger partial charge in [0.2, 0.25) is 0 Å². The van der Waals surface area contributed by atoms with Gasteiger partial charge in [0, 0.05) is 22.5 Å². The molecule has 2 nitrogen and oxygen atoms in total. The van der Waals surface area contributed by atoms with Crippen LogP contribution in [0.2, 0.25) is 0 Å². The van der Waals surface area contributed by atoms with Crippen molar-refractivity contribution in [3.8, 4) is 28.0 Å². The van der Waals surface area contributed by atoms with Crippen molar-refractivity contribution in [1.82, 2.24) is 0 Å². The Morgan fingerprint density at radius 1 is 0.612 bits per heavy atom. The van der Waals surface area contributed by atoms with Crippen molar-refractivity contribution in [2.45, 2.75) is 124 Å². The fraction of sp³-hybridized carbons (Fsp3) is 0.354. The van der Waals surface area contributed by atoms with Crippen molar-refractivity contribution in [3.05, 3.63) is 204 Å². The molecule has 6 aromatic carbocycles. The number of ether oxygens (including phenoxy) is 1. The van der Waals surface area contributed by atoms with Crippen LogP contribution in [0, 0.1) is 17.3 Å². The van der Waals surface area contributed by atoms with Gasteiger partial charge in [0.05, 0.1) is 6.61 Å². The summed E-state index contributed by atoms with van der Waals surface area (Å²) in [5.41, 5.74) is 17.2. The molecule has 0 spiro atoms. The van der Waals surface area contributed by atoms with E-state index >= 15 is 0 Å². The molecule has 2 atom stereocenters. The van der Waals surface area contributed by atoms with E-state index in [1.807, 2.05) is 6.08 Å². The fourth-order valence-electron chi connectivity index (χ4n) is 10.5. The molecule has 0 amide bonds. The van der Waals surface area contributed by atoms with Gasteiger partial charge in [0.25, 0.3) is 0 Å². The Labute approximate surface area is 404 Å². The lowest BCUT2D eigenvalue weighted by molar-refractivity contribution is 0.298. The normalized spacial score (nSPS) is 15.7. The number of benzene rings is 6. The van der Waals surface area contributed by atoms with E-state index in [1.165, 1.54) is 70.2 Å². The Balaban J connectivity index is 1.01. The van der Waals surface area contributed by atoms with E-state index in [4.69, 9.17) is 4.74 Å². The second kappa shape index (κ2) is 20.6. The molecule has 1 fully saturated rings. The summed E-state index contributed by atoms with van der Waals surface area (Å²) in [4.78, 5) is 2.35. The summed E-state index contributed by atoms with van der Waals surface area (Å²) in [7, 11) is 0. The standard InChI is InChI=1S/C65H75NO/c1-10-43-63(6,7)46-49-16-19-50(20-17-49)52-25-35-59(36-26-52)66(61-39-41-62(42-40-61)67-44-13-14-48-15-18-54-21-22-55(54)45-48)60-37-27-53(28-38-60)51-23-29-57(30-24-51)65(9,47(4)5)58-33-31-56(32-34-58)64(8,11-2)12-3/h10,16-20,23-42,45,47-48H,1,11-15,21-22,43-44,46H2,2-9H3. The zero-order valence-corrected chi connectivity index (χ0v) is 41.9. The molecule has 0 aromatic heterocycles. The Hall–Kier alpha value is -5.86. The van der Waals surface area contributed by atoms with Crippen LogP contribution in [0.4, 0.5) is 17.1 Å². The molecule has 67 heavy (non-hydrogen) atoms. The molecule has 0 saturated heterocycles. The van der Waals surface area contributed by atoms with Gasteiger partial charge in [-0.2, -0.15) is 0 Å². The van der Waals surface area contributed by atoms with Gasteiger partial charge in [-0.15, -0.1) is 6.58 Å². The molecule has 1 saturated carbocycles. The minimum absolute atomic E-state index is 0.108. The molecule has 0 N–H and O–H groups in total. The van der Waals surface area contributed by atoms with Crippen LogP contribution in [0.25, 0.3) is 22.3 Å². The largest absolute Gasteiger partial charge is 0.494 e. The van der Waals surface area contributed by atoms with Gasteiger partial charge in [0.15, 0.2) is 0 Å². The summed E-state index contributed by atoms with van der Waals surface area (Å²) in [5.74, 6) is 2.00. The average Bonchev–Trinajstić information content (AvgIpc) is 3.34. The lowest BCUT2D eigenvalue weighted by Gasteiger charge is -2.36. The van der Waals surface area contributed by atoms with Crippen molar-refractivity contribution in [2.75, 3.05) is 11.5 Å². The first-order valence-electron chi connectivity index (χ1n) is 25.4. The molecule has 2 unspecified atom stereocenters. The fourth-order valence-corrected chi connectivity index (χ4v) is 10.5. The van der Waals surface area contributed by atoms with Crippen LogP contribution in [0.1, 0.15) is 129 Å². The van der Waals surface area contributed by atoms with Gasteiger partial charge >= 0.3 is 0 Å². The number of fused-ring (bicyclic) bond motifs is 1. The predicted octanol–water partition coefficient (Wildman–Crippen LogP) is 18.5. The zero-order valence-electron chi connectivity index (χ0n) is 41.9.